The highest BCUT2D eigenvalue weighted by molar-refractivity contribution is 5.83. The lowest BCUT2D eigenvalue weighted by Gasteiger charge is -2.39. The summed E-state index contributed by atoms with van der Waals surface area (Å²) >= 11 is 0. The molecule has 0 aromatic heterocycles. The Balaban J connectivity index is 2.02. The first-order valence-electron chi connectivity index (χ1n) is 7.38. The number of nitrogens with one attached hydrogen (secondary N) is 1. The average molecular weight is 285 g/mol. The number of hydrogen-bond acceptors (Lipinski definition) is 4. The molecule has 0 saturated carbocycles. The van der Waals surface area contributed by atoms with Gasteiger partial charge in [0.15, 0.2) is 0 Å². The van der Waals surface area contributed by atoms with Gasteiger partial charge in [0.25, 0.3) is 0 Å². The fourth-order valence-electron chi connectivity index (χ4n) is 3.47. The predicted octanol–water partition coefficient (Wildman–Crippen LogP) is 1.33. The molecule has 5 nitrogen and oxygen atoms in total. The predicted molar refractivity (Wildman–Crippen MR) is 78.7 cm³/mol. The highest BCUT2D eigenvalue weighted by Crippen LogP contribution is 2.35. The summed E-state index contributed by atoms with van der Waals surface area (Å²) in [4.78, 5) is 14.1. The molecule has 1 aromatic carbocycles. The minimum atomic E-state index is -0.599. The van der Waals surface area contributed by atoms with E-state index in [1.165, 1.54) is 0 Å². The minimum absolute atomic E-state index is 0.0198. The summed E-state index contributed by atoms with van der Waals surface area (Å²) in [5.74, 6) is 0.145. The first-order valence-corrected chi connectivity index (χ1v) is 7.38. The Morgan fingerprint density at radius 1 is 1.52 bits per heavy atom. The first kappa shape index (κ1) is 13.9. The smallest absolute Gasteiger partial charge is 0.225 e. The van der Waals surface area contributed by atoms with Crippen LogP contribution in [0.25, 0.3) is 0 Å². The second-order valence-corrected chi connectivity index (χ2v) is 5.82. The topological polar surface area (TPSA) is 76.4 Å². The molecule has 3 atom stereocenters. The molecule has 3 rings (SSSR count). The molecule has 2 fully saturated rings. The number of hydrogen-bond donors (Lipinski definition) is 2. The maximum Gasteiger partial charge on any atom is 0.225 e. The SMILES string of the molecule is CC(O)c1ccc(C#N)cc1N1CCCC2C(=O)NCC21. The van der Waals surface area contributed by atoms with Gasteiger partial charge in [0.05, 0.1) is 29.7 Å². The second-order valence-electron chi connectivity index (χ2n) is 5.82. The normalized spacial score (nSPS) is 26.0. The molecule has 1 amide bonds. The molecular formula is C16H19N3O2. The van der Waals surface area contributed by atoms with Crippen LogP contribution >= 0.6 is 0 Å². The van der Waals surface area contributed by atoms with Crippen molar-refractivity contribution < 1.29 is 9.90 Å². The van der Waals surface area contributed by atoms with Crippen LogP contribution in [0.15, 0.2) is 18.2 Å². The molecule has 2 N–H and O–H groups in total. The van der Waals surface area contributed by atoms with Gasteiger partial charge in [-0.2, -0.15) is 5.26 Å². The lowest BCUT2D eigenvalue weighted by Crippen LogP contribution is -2.46. The number of piperidine rings is 1. The molecule has 1 aromatic rings. The van der Waals surface area contributed by atoms with E-state index in [1.807, 2.05) is 12.1 Å². The number of nitrogens with zero attached hydrogens (tertiary/aromatic N) is 2. The van der Waals surface area contributed by atoms with Gasteiger partial charge in [-0.15, -0.1) is 0 Å². The summed E-state index contributed by atoms with van der Waals surface area (Å²) < 4.78 is 0. The summed E-state index contributed by atoms with van der Waals surface area (Å²) in [5, 5.41) is 22.1. The fraction of sp³-hybridized carbons (Fsp3) is 0.500. The van der Waals surface area contributed by atoms with Crippen molar-refractivity contribution >= 4 is 11.6 Å². The fourth-order valence-corrected chi connectivity index (χ4v) is 3.47. The minimum Gasteiger partial charge on any atom is -0.389 e. The van der Waals surface area contributed by atoms with Crippen LogP contribution in [-0.2, 0) is 4.79 Å². The maximum absolute atomic E-state index is 11.9. The van der Waals surface area contributed by atoms with E-state index >= 15 is 0 Å². The number of nitriles is 1. The van der Waals surface area contributed by atoms with Crippen molar-refractivity contribution in [3.05, 3.63) is 29.3 Å². The van der Waals surface area contributed by atoms with Gasteiger partial charge < -0.3 is 15.3 Å². The molecule has 0 radical (unpaired) electrons. The molecular weight excluding hydrogens is 266 g/mol. The van der Waals surface area contributed by atoms with Crippen molar-refractivity contribution in [3.63, 3.8) is 0 Å². The molecule has 5 heteroatoms. The number of aliphatic hydroxyl groups is 1. The summed E-state index contributed by atoms with van der Waals surface area (Å²) in [5.41, 5.74) is 2.28. The average Bonchev–Trinajstić information content (AvgIpc) is 2.88. The van der Waals surface area contributed by atoms with Crippen molar-refractivity contribution in [1.82, 2.24) is 5.32 Å². The second kappa shape index (κ2) is 5.38. The molecule has 3 unspecified atom stereocenters. The summed E-state index contributed by atoms with van der Waals surface area (Å²) in [7, 11) is 0. The van der Waals surface area contributed by atoms with Crippen LogP contribution < -0.4 is 10.2 Å². The Kier molecular flexibility index (Phi) is 3.56. The summed E-state index contributed by atoms with van der Waals surface area (Å²) in [6.07, 6.45) is 1.26. The van der Waals surface area contributed by atoms with Gasteiger partial charge in [-0.3, -0.25) is 4.79 Å². The van der Waals surface area contributed by atoms with Crippen LogP contribution in [0.1, 0.15) is 37.0 Å². The quantitative estimate of drug-likeness (QED) is 0.859. The summed E-state index contributed by atoms with van der Waals surface area (Å²) in [6.45, 7) is 3.22. The van der Waals surface area contributed by atoms with E-state index in [2.05, 4.69) is 16.3 Å². The van der Waals surface area contributed by atoms with Gasteiger partial charge in [0.1, 0.15) is 0 Å². The van der Waals surface area contributed by atoms with Gasteiger partial charge in [-0.25, -0.2) is 0 Å². The van der Waals surface area contributed by atoms with Crippen molar-refractivity contribution in [2.24, 2.45) is 5.92 Å². The Bertz CT molecular complexity index is 606. The molecule has 110 valence electrons. The number of aliphatic hydroxyl groups excluding tert-OH is 1. The molecule has 2 heterocycles. The number of fused-ring (bicyclic) bond motifs is 1. The number of rotatable bonds is 2. The Morgan fingerprint density at radius 2 is 2.33 bits per heavy atom. The van der Waals surface area contributed by atoms with E-state index in [0.29, 0.717) is 12.1 Å². The van der Waals surface area contributed by atoms with E-state index in [0.717, 1.165) is 30.6 Å². The van der Waals surface area contributed by atoms with E-state index in [-0.39, 0.29) is 17.9 Å². The van der Waals surface area contributed by atoms with E-state index in [9.17, 15) is 9.90 Å². The van der Waals surface area contributed by atoms with Crippen LogP contribution in [-0.4, -0.2) is 30.1 Å². The molecule has 21 heavy (non-hydrogen) atoms. The third-order valence-corrected chi connectivity index (χ3v) is 4.52. The van der Waals surface area contributed by atoms with E-state index in [1.54, 1.807) is 13.0 Å². The molecule has 0 spiro atoms. The number of benzene rings is 1. The maximum atomic E-state index is 11.9. The zero-order valence-corrected chi connectivity index (χ0v) is 12.0. The monoisotopic (exact) mass is 285 g/mol. The molecule has 2 aliphatic rings. The van der Waals surface area contributed by atoms with Crippen LogP contribution in [0.2, 0.25) is 0 Å². The molecule has 0 bridgehead atoms. The van der Waals surface area contributed by atoms with Gasteiger partial charge in [-0.1, -0.05) is 6.07 Å². The lowest BCUT2D eigenvalue weighted by molar-refractivity contribution is -0.122. The van der Waals surface area contributed by atoms with Crippen molar-refractivity contribution in [2.45, 2.75) is 31.9 Å². The van der Waals surface area contributed by atoms with Gasteiger partial charge >= 0.3 is 0 Å². The Labute approximate surface area is 124 Å². The molecule has 2 saturated heterocycles. The van der Waals surface area contributed by atoms with Crippen molar-refractivity contribution in [2.75, 3.05) is 18.0 Å². The van der Waals surface area contributed by atoms with Crippen molar-refractivity contribution in [3.8, 4) is 6.07 Å². The molecule has 0 aliphatic carbocycles. The van der Waals surface area contributed by atoms with Crippen LogP contribution in [0.5, 0.6) is 0 Å². The largest absolute Gasteiger partial charge is 0.389 e. The van der Waals surface area contributed by atoms with Gasteiger partial charge in [0, 0.05) is 24.3 Å². The first-order chi connectivity index (χ1) is 10.1. The van der Waals surface area contributed by atoms with Crippen LogP contribution in [0.4, 0.5) is 5.69 Å². The van der Waals surface area contributed by atoms with E-state index < -0.39 is 6.10 Å². The summed E-state index contributed by atoms with van der Waals surface area (Å²) in [6, 6.07) is 7.64. The van der Waals surface area contributed by atoms with Gasteiger partial charge in [0.2, 0.25) is 5.91 Å². The highest BCUT2D eigenvalue weighted by Gasteiger charge is 2.41. The standard InChI is InChI=1S/C16H19N3O2/c1-10(20)12-5-4-11(8-17)7-14(12)19-6-2-3-13-15(19)9-18-16(13)21/h4-5,7,10,13,15,20H,2-3,6,9H2,1H3,(H,18,21). The van der Waals surface area contributed by atoms with E-state index in [4.69, 9.17) is 5.26 Å². The van der Waals surface area contributed by atoms with Crippen LogP contribution in [0.3, 0.4) is 0 Å². The Hall–Kier alpha value is -2.06. The zero-order chi connectivity index (χ0) is 15.0. The highest BCUT2D eigenvalue weighted by atomic mass is 16.3. The third kappa shape index (κ3) is 2.36. The number of amides is 1. The Morgan fingerprint density at radius 3 is 3.05 bits per heavy atom. The van der Waals surface area contributed by atoms with Crippen molar-refractivity contribution in [1.29, 1.82) is 5.26 Å². The van der Waals surface area contributed by atoms with Gasteiger partial charge in [-0.05, 0) is 31.9 Å². The third-order valence-electron chi connectivity index (χ3n) is 4.52. The zero-order valence-electron chi connectivity index (χ0n) is 12.0. The lowest BCUT2D eigenvalue weighted by atomic mass is 9.90. The molecule has 2 aliphatic heterocycles. The number of carbonyl (C=O) groups is 1. The number of carbonyl (C=O) groups excluding carboxylic acids is 1. The van der Waals surface area contributed by atoms with Crippen LogP contribution in [0, 0.1) is 17.2 Å². The number of anilines is 1.